The third kappa shape index (κ3) is 4.71. The number of nitrogens with one attached hydrogen (secondary N) is 1. The van der Waals surface area contributed by atoms with Crippen LogP contribution in [0.4, 0.5) is 0 Å². The number of amides is 1. The second-order valence-corrected chi connectivity index (χ2v) is 5.84. The molecular formula is C17H26N2O3. The van der Waals surface area contributed by atoms with Gasteiger partial charge in [0.05, 0.1) is 26.7 Å². The molecule has 1 fully saturated rings. The zero-order valence-electron chi connectivity index (χ0n) is 13.7. The molecule has 1 amide bonds. The lowest BCUT2D eigenvalue weighted by Crippen LogP contribution is -2.52. The van der Waals surface area contributed by atoms with Crippen LogP contribution in [0.15, 0.2) is 24.3 Å². The summed E-state index contributed by atoms with van der Waals surface area (Å²) in [4.78, 5) is 14.5. The quantitative estimate of drug-likeness (QED) is 0.864. The van der Waals surface area contributed by atoms with Crippen molar-refractivity contribution in [3.63, 3.8) is 0 Å². The smallest absolute Gasteiger partial charge is 0.224 e. The molecule has 1 heterocycles. The summed E-state index contributed by atoms with van der Waals surface area (Å²) in [5, 5.41) is 3.02. The van der Waals surface area contributed by atoms with Gasteiger partial charge in [-0.05, 0) is 31.5 Å². The van der Waals surface area contributed by atoms with Crippen molar-refractivity contribution in [3.8, 4) is 5.75 Å². The highest BCUT2D eigenvalue weighted by atomic mass is 16.5. The van der Waals surface area contributed by atoms with Gasteiger partial charge in [-0.25, -0.2) is 0 Å². The highest BCUT2D eigenvalue weighted by molar-refractivity contribution is 5.78. The maximum atomic E-state index is 12.1. The topological polar surface area (TPSA) is 50.8 Å². The number of carbonyl (C=O) groups is 1. The summed E-state index contributed by atoms with van der Waals surface area (Å²) in [6.07, 6.45) is 0.378. The predicted molar refractivity (Wildman–Crippen MR) is 86.2 cm³/mol. The second-order valence-electron chi connectivity index (χ2n) is 5.84. The van der Waals surface area contributed by atoms with Crippen molar-refractivity contribution in [3.05, 3.63) is 29.8 Å². The Morgan fingerprint density at radius 2 is 2.36 bits per heavy atom. The molecule has 0 spiro atoms. The average molecular weight is 306 g/mol. The summed E-state index contributed by atoms with van der Waals surface area (Å²) in [6.45, 7) is 7.43. The summed E-state index contributed by atoms with van der Waals surface area (Å²) in [5.74, 6) is 0.821. The van der Waals surface area contributed by atoms with Crippen molar-refractivity contribution >= 4 is 5.91 Å². The van der Waals surface area contributed by atoms with Gasteiger partial charge in [0.2, 0.25) is 5.91 Å². The van der Waals surface area contributed by atoms with E-state index in [2.05, 4.69) is 24.1 Å². The van der Waals surface area contributed by atoms with Gasteiger partial charge in [-0.1, -0.05) is 12.1 Å². The first-order chi connectivity index (χ1) is 10.6. The van der Waals surface area contributed by atoms with Gasteiger partial charge < -0.3 is 14.8 Å². The van der Waals surface area contributed by atoms with Crippen molar-refractivity contribution in [1.29, 1.82) is 0 Å². The Kier molecular flexibility index (Phi) is 6.21. The van der Waals surface area contributed by atoms with E-state index in [1.54, 1.807) is 7.11 Å². The van der Waals surface area contributed by atoms with Crippen LogP contribution in [0.1, 0.15) is 19.4 Å². The predicted octanol–water partition coefficient (Wildman–Crippen LogP) is 1.46. The highest BCUT2D eigenvalue weighted by Gasteiger charge is 2.23. The van der Waals surface area contributed by atoms with E-state index in [1.807, 2.05) is 24.3 Å². The molecule has 1 saturated heterocycles. The van der Waals surface area contributed by atoms with Crippen LogP contribution in [0, 0.1) is 0 Å². The fraction of sp³-hybridized carbons (Fsp3) is 0.588. The molecular weight excluding hydrogens is 280 g/mol. The molecule has 0 aliphatic carbocycles. The van der Waals surface area contributed by atoms with E-state index in [0.717, 1.165) is 31.1 Å². The number of hydrogen-bond donors (Lipinski definition) is 1. The third-order valence-electron chi connectivity index (χ3n) is 4.08. The fourth-order valence-electron chi connectivity index (χ4n) is 2.80. The van der Waals surface area contributed by atoms with Gasteiger partial charge in [0, 0.05) is 25.2 Å². The maximum Gasteiger partial charge on any atom is 0.224 e. The number of hydrogen-bond acceptors (Lipinski definition) is 4. The van der Waals surface area contributed by atoms with Crippen molar-refractivity contribution in [1.82, 2.24) is 10.2 Å². The summed E-state index contributed by atoms with van der Waals surface area (Å²) in [7, 11) is 1.63. The Hall–Kier alpha value is -1.59. The van der Waals surface area contributed by atoms with Gasteiger partial charge >= 0.3 is 0 Å². The van der Waals surface area contributed by atoms with E-state index in [4.69, 9.17) is 9.47 Å². The van der Waals surface area contributed by atoms with Crippen LogP contribution in [0.25, 0.3) is 0 Å². The lowest BCUT2D eigenvalue weighted by atomic mass is 10.1. The molecule has 22 heavy (non-hydrogen) atoms. The van der Waals surface area contributed by atoms with E-state index < -0.39 is 0 Å². The minimum Gasteiger partial charge on any atom is -0.497 e. The van der Waals surface area contributed by atoms with Crippen molar-refractivity contribution < 1.29 is 14.3 Å². The molecule has 0 unspecified atom stereocenters. The number of morpholine rings is 1. The van der Waals surface area contributed by atoms with Crippen LogP contribution >= 0.6 is 0 Å². The molecule has 5 heteroatoms. The molecule has 5 nitrogen and oxygen atoms in total. The maximum absolute atomic E-state index is 12.1. The van der Waals surface area contributed by atoms with E-state index >= 15 is 0 Å². The molecule has 1 aliphatic heterocycles. The van der Waals surface area contributed by atoms with Gasteiger partial charge in [0.1, 0.15) is 5.75 Å². The molecule has 122 valence electrons. The summed E-state index contributed by atoms with van der Waals surface area (Å²) in [6, 6.07) is 8.33. The number of rotatable bonds is 6. The molecule has 0 radical (unpaired) electrons. The van der Waals surface area contributed by atoms with Gasteiger partial charge in [-0.15, -0.1) is 0 Å². The summed E-state index contributed by atoms with van der Waals surface area (Å²) >= 11 is 0. The van der Waals surface area contributed by atoms with Crippen molar-refractivity contribution in [2.75, 3.05) is 33.4 Å². The molecule has 1 aromatic rings. The van der Waals surface area contributed by atoms with Crippen LogP contribution in [0.2, 0.25) is 0 Å². The summed E-state index contributed by atoms with van der Waals surface area (Å²) in [5.41, 5.74) is 0.962. The standard InChI is InChI=1S/C17H26N2O3/c1-13(19-7-8-22-12-14(19)2)11-18-17(20)10-15-5-4-6-16(9-15)21-3/h4-6,9,13-14H,7-8,10-12H2,1-3H3,(H,18,20)/t13-,14-/m1/s1. The third-order valence-corrected chi connectivity index (χ3v) is 4.08. The van der Waals surface area contributed by atoms with Gasteiger partial charge in [0.15, 0.2) is 0 Å². The first-order valence-electron chi connectivity index (χ1n) is 7.83. The lowest BCUT2D eigenvalue weighted by molar-refractivity contribution is -0.120. The number of ether oxygens (including phenoxy) is 2. The minimum atomic E-state index is 0.0426. The van der Waals surface area contributed by atoms with Gasteiger partial charge in [0.25, 0.3) is 0 Å². The average Bonchev–Trinajstić information content (AvgIpc) is 2.53. The van der Waals surface area contributed by atoms with E-state index in [9.17, 15) is 4.79 Å². The van der Waals surface area contributed by atoms with Crippen molar-refractivity contribution in [2.24, 2.45) is 0 Å². The Balaban J connectivity index is 1.79. The first kappa shape index (κ1) is 16.8. The van der Waals surface area contributed by atoms with E-state index in [1.165, 1.54) is 0 Å². The number of methoxy groups -OCH3 is 1. The van der Waals surface area contributed by atoms with E-state index in [-0.39, 0.29) is 5.91 Å². The van der Waals surface area contributed by atoms with Crippen LogP contribution in [0.3, 0.4) is 0 Å². The second kappa shape index (κ2) is 8.15. The Morgan fingerprint density at radius 3 is 3.09 bits per heavy atom. The summed E-state index contributed by atoms with van der Waals surface area (Å²) < 4.78 is 10.6. The van der Waals surface area contributed by atoms with E-state index in [0.29, 0.717) is 25.0 Å². The van der Waals surface area contributed by atoms with Crippen molar-refractivity contribution in [2.45, 2.75) is 32.4 Å². The van der Waals surface area contributed by atoms with Crippen LogP contribution in [-0.4, -0.2) is 56.3 Å². The lowest BCUT2D eigenvalue weighted by Gasteiger charge is -2.37. The fourth-order valence-corrected chi connectivity index (χ4v) is 2.80. The number of benzene rings is 1. The molecule has 1 N–H and O–H groups in total. The largest absolute Gasteiger partial charge is 0.497 e. The number of nitrogens with zero attached hydrogens (tertiary/aromatic N) is 1. The molecule has 1 aromatic carbocycles. The van der Waals surface area contributed by atoms with Gasteiger partial charge in [-0.2, -0.15) is 0 Å². The van der Waals surface area contributed by atoms with Crippen LogP contribution in [-0.2, 0) is 16.0 Å². The van der Waals surface area contributed by atoms with Crippen LogP contribution < -0.4 is 10.1 Å². The molecule has 0 bridgehead atoms. The zero-order valence-corrected chi connectivity index (χ0v) is 13.7. The SMILES string of the molecule is COc1cccc(CC(=O)NC[C@@H](C)N2CCOC[C@H]2C)c1. The first-order valence-corrected chi connectivity index (χ1v) is 7.83. The molecule has 2 atom stereocenters. The number of carbonyl (C=O) groups excluding carboxylic acids is 1. The molecule has 0 saturated carbocycles. The molecule has 0 aromatic heterocycles. The normalized spacial score (nSPS) is 20.4. The Morgan fingerprint density at radius 1 is 1.55 bits per heavy atom. The molecule has 1 aliphatic rings. The zero-order chi connectivity index (χ0) is 15.9. The minimum absolute atomic E-state index is 0.0426. The highest BCUT2D eigenvalue weighted by Crippen LogP contribution is 2.13. The monoisotopic (exact) mass is 306 g/mol. The Bertz CT molecular complexity index is 493. The Labute approximate surface area is 132 Å². The van der Waals surface area contributed by atoms with Crippen LogP contribution in [0.5, 0.6) is 5.75 Å². The molecule has 2 rings (SSSR count). The van der Waals surface area contributed by atoms with Gasteiger partial charge in [-0.3, -0.25) is 9.69 Å².